The number of nitrogens with zero attached hydrogens (tertiary/aromatic N) is 2. The number of carbonyl (C=O) groups excluding carboxylic acids is 1. The van der Waals surface area contributed by atoms with E-state index in [2.05, 4.69) is 22.0 Å². The minimum Gasteiger partial charge on any atom is -0.350 e. The molecule has 0 unspecified atom stereocenters. The van der Waals surface area contributed by atoms with Crippen LogP contribution in [0.4, 0.5) is 4.39 Å². The first kappa shape index (κ1) is 18.9. The van der Waals surface area contributed by atoms with Crippen LogP contribution in [0.25, 0.3) is 0 Å². The Bertz CT molecular complexity index is 545. The number of hydrogen-bond donors (Lipinski definition) is 1. The van der Waals surface area contributed by atoms with Crippen molar-refractivity contribution in [3.63, 3.8) is 0 Å². The number of carbonyl (C=O) groups is 1. The van der Waals surface area contributed by atoms with E-state index in [1.54, 1.807) is 13.8 Å². The Kier molecular flexibility index (Phi) is 6.75. The smallest absolute Gasteiger partial charge is 0.221 e. The lowest BCUT2D eigenvalue weighted by atomic mass is 10.0. The van der Waals surface area contributed by atoms with Gasteiger partial charge in [0.2, 0.25) is 5.91 Å². The van der Waals surface area contributed by atoms with Crippen LogP contribution >= 0.6 is 0 Å². The molecule has 1 aromatic carbocycles. The summed E-state index contributed by atoms with van der Waals surface area (Å²) in [5.41, 5.74) is 2.20. The number of nitrogens with one attached hydrogen (secondary N) is 1. The fourth-order valence-corrected chi connectivity index (χ4v) is 3.22. The normalized spacial score (nSPS) is 17.7. The van der Waals surface area contributed by atoms with Gasteiger partial charge in [-0.05, 0) is 44.0 Å². The SMILES string of the molecule is CCN1CCN(CCC(=O)N[C@@H](C)c2cc(C)c(F)c(C)c2)CC1. The van der Waals surface area contributed by atoms with Crippen LogP contribution in [0, 0.1) is 19.7 Å². The number of hydrogen-bond acceptors (Lipinski definition) is 3. The predicted octanol–water partition coefficient (Wildman–Crippen LogP) is 2.65. The highest BCUT2D eigenvalue weighted by atomic mass is 19.1. The van der Waals surface area contributed by atoms with Crippen LogP contribution in [0.5, 0.6) is 0 Å². The van der Waals surface area contributed by atoms with Crippen LogP contribution < -0.4 is 5.32 Å². The molecule has 0 spiro atoms. The number of likely N-dealkylation sites (N-methyl/N-ethyl adjacent to an activating group) is 1. The molecule has 1 aliphatic heterocycles. The molecule has 24 heavy (non-hydrogen) atoms. The maximum absolute atomic E-state index is 13.7. The van der Waals surface area contributed by atoms with Crippen molar-refractivity contribution in [1.29, 1.82) is 0 Å². The summed E-state index contributed by atoms with van der Waals surface area (Å²) in [6.07, 6.45) is 0.510. The summed E-state index contributed by atoms with van der Waals surface area (Å²) in [6.45, 7) is 13.8. The zero-order valence-corrected chi connectivity index (χ0v) is 15.4. The Morgan fingerprint density at radius 2 is 1.71 bits per heavy atom. The van der Waals surface area contributed by atoms with Crippen LogP contribution in [0.1, 0.15) is 43.0 Å². The highest BCUT2D eigenvalue weighted by Crippen LogP contribution is 2.20. The monoisotopic (exact) mass is 335 g/mol. The Morgan fingerprint density at radius 3 is 2.25 bits per heavy atom. The molecule has 0 bridgehead atoms. The number of halogens is 1. The minimum atomic E-state index is -0.163. The van der Waals surface area contributed by atoms with Gasteiger partial charge in [0.15, 0.2) is 0 Å². The van der Waals surface area contributed by atoms with E-state index >= 15 is 0 Å². The molecule has 1 aromatic rings. The van der Waals surface area contributed by atoms with Gasteiger partial charge in [-0.3, -0.25) is 4.79 Å². The quantitative estimate of drug-likeness (QED) is 0.868. The van der Waals surface area contributed by atoms with Gasteiger partial charge in [0.25, 0.3) is 0 Å². The molecule has 0 aliphatic carbocycles. The topological polar surface area (TPSA) is 35.6 Å². The van der Waals surface area contributed by atoms with E-state index in [0.717, 1.165) is 44.8 Å². The maximum Gasteiger partial charge on any atom is 0.221 e. The van der Waals surface area contributed by atoms with E-state index in [4.69, 9.17) is 0 Å². The molecule has 134 valence electrons. The lowest BCUT2D eigenvalue weighted by molar-refractivity contribution is -0.122. The molecule has 0 aromatic heterocycles. The number of benzene rings is 1. The molecule has 1 fully saturated rings. The van der Waals surface area contributed by atoms with Gasteiger partial charge < -0.3 is 15.1 Å². The summed E-state index contributed by atoms with van der Waals surface area (Å²) < 4.78 is 13.7. The molecule has 1 aliphatic rings. The third-order valence-corrected chi connectivity index (χ3v) is 4.90. The van der Waals surface area contributed by atoms with E-state index in [1.165, 1.54) is 0 Å². The third-order valence-electron chi connectivity index (χ3n) is 4.90. The van der Waals surface area contributed by atoms with Gasteiger partial charge in [-0.15, -0.1) is 0 Å². The van der Waals surface area contributed by atoms with Gasteiger partial charge in [-0.25, -0.2) is 4.39 Å². The third kappa shape index (κ3) is 5.02. The summed E-state index contributed by atoms with van der Waals surface area (Å²) in [5.74, 6) is -0.108. The number of rotatable bonds is 6. The molecule has 1 heterocycles. The van der Waals surface area contributed by atoms with Gasteiger partial charge in [0, 0.05) is 39.1 Å². The largest absolute Gasteiger partial charge is 0.350 e. The second-order valence-corrected chi connectivity index (χ2v) is 6.78. The lowest BCUT2D eigenvalue weighted by Crippen LogP contribution is -2.47. The Balaban J connectivity index is 1.80. The zero-order valence-electron chi connectivity index (χ0n) is 15.4. The number of aryl methyl sites for hydroxylation is 2. The highest BCUT2D eigenvalue weighted by molar-refractivity contribution is 5.76. The van der Waals surface area contributed by atoms with E-state index in [0.29, 0.717) is 17.5 Å². The van der Waals surface area contributed by atoms with E-state index in [-0.39, 0.29) is 17.8 Å². The Labute approximate surface area is 145 Å². The first-order chi connectivity index (χ1) is 11.4. The zero-order chi connectivity index (χ0) is 17.7. The minimum absolute atomic E-state index is 0.0556. The molecule has 5 heteroatoms. The molecule has 1 saturated heterocycles. The summed E-state index contributed by atoms with van der Waals surface area (Å²) in [7, 11) is 0. The van der Waals surface area contributed by atoms with Gasteiger partial charge in [-0.2, -0.15) is 0 Å². The molecular weight excluding hydrogens is 305 g/mol. The van der Waals surface area contributed by atoms with Crippen LogP contribution in [-0.2, 0) is 4.79 Å². The second-order valence-electron chi connectivity index (χ2n) is 6.78. The second kappa shape index (κ2) is 8.58. The van der Waals surface area contributed by atoms with Crippen molar-refractivity contribution in [2.24, 2.45) is 0 Å². The molecule has 0 radical (unpaired) electrons. The van der Waals surface area contributed by atoms with Gasteiger partial charge in [-0.1, -0.05) is 19.1 Å². The first-order valence-corrected chi connectivity index (χ1v) is 8.91. The van der Waals surface area contributed by atoms with E-state index in [9.17, 15) is 9.18 Å². The molecular formula is C19H30FN3O. The average Bonchev–Trinajstić information content (AvgIpc) is 2.57. The fourth-order valence-electron chi connectivity index (χ4n) is 3.22. The molecule has 2 rings (SSSR count). The Morgan fingerprint density at radius 1 is 1.17 bits per heavy atom. The average molecular weight is 335 g/mol. The molecule has 0 saturated carbocycles. The van der Waals surface area contributed by atoms with Crippen LogP contribution in [-0.4, -0.2) is 55.0 Å². The van der Waals surface area contributed by atoms with Crippen molar-refractivity contribution in [2.75, 3.05) is 39.3 Å². The summed E-state index contributed by atoms with van der Waals surface area (Å²) in [6, 6.07) is 3.53. The standard InChI is InChI=1S/C19H30FN3O/c1-5-22-8-10-23(11-9-22)7-6-18(24)21-16(4)17-12-14(2)19(20)15(3)13-17/h12-13,16H,5-11H2,1-4H3,(H,21,24)/t16-/m0/s1. The number of amides is 1. The molecule has 1 atom stereocenters. The van der Waals surface area contributed by atoms with Crippen LogP contribution in [0.15, 0.2) is 12.1 Å². The number of piperazine rings is 1. The summed E-state index contributed by atoms with van der Waals surface area (Å²) >= 11 is 0. The highest BCUT2D eigenvalue weighted by Gasteiger charge is 2.17. The van der Waals surface area contributed by atoms with Crippen LogP contribution in [0.3, 0.4) is 0 Å². The van der Waals surface area contributed by atoms with E-state index in [1.807, 2.05) is 19.1 Å². The lowest BCUT2D eigenvalue weighted by Gasteiger charge is -2.33. The fraction of sp³-hybridized carbons (Fsp3) is 0.632. The van der Waals surface area contributed by atoms with Crippen LogP contribution in [0.2, 0.25) is 0 Å². The van der Waals surface area contributed by atoms with Crippen molar-refractivity contribution < 1.29 is 9.18 Å². The predicted molar refractivity (Wildman–Crippen MR) is 95.6 cm³/mol. The van der Waals surface area contributed by atoms with Gasteiger partial charge >= 0.3 is 0 Å². The first-order valence-electron chi connectivity index (χ1n) is 8.91. The van der Waals surface area contributed by atoms with Gasteiger partial charge in [0.1, 0.15) is 5.82 Å². The molecule has 1 amide bonds. The van der Waals surface area contributed by atoms with Crippen molar-refractivity contribution in [2.45, 2.75) is 40.2 Å². The summed E-state index contributed by atoms with van der Waals surface area (Å²) in [5, 5.41) is 3.03. The Hall–Kier alpha value is -1.46. The van der Waals surface area contributed by atoms with Gasteiger partial charge in [0.05, 0.1) is 6.04 Å². The molecule has 1 N–H and O–H groups in total. The maximum atomic E-state index is 13.7. The summed E-state index contributed by atoms with van der Waals surface area (Å²) in [4.78, 5) is 17.0. The van der Waals surface area contributed by atoms with Crippen molar-refractivity contribution >= 4 is 5.91 Å². The van der Waals surface area contributed by atoms with Crippen molar-refractivity contribution in [3.8, 4) is 0 Å². The van der Waals surface area contributed by atoms with Crippen molar-refractivity contribution in [1.82, 2.24) is 15.1 Å². The van der Waals surface area contributed by atoms with E-state index < -0.39 is 0 Å². The van der Waals surface area contributed by atoms with Crippen molar-refractivity contribution in [3.05, 3.63) is 34.6 Å². The molecule has 4 nitrogen and oxygen atoms in total.